The standard InChI is InChI=1S/C10H18N2O3/c1-4-9(13)12(2,3)7-5-6-8(11)10(14)15/h4,8H,1,5-7,11H2,2-3H3/p+1. The molecule has 0 aliphatic carbocycles. The molecule has 15 heavy (non-hydrogen) atoms. The second-order valence-corrected chi connectivity index (χ2v) is 4.04. The molecule has 0 saturated heterocycles. The zero-order valence-electron chi connectivity index (χ0n) is 9.27. The van der Waals surface area contributed by atoms with Crippen molar-refractivity contribution in [2.24, 2.45) is 5.73 Å². The molecule has 3 N–H and O–H groups in total. The Morgan fingerprint density at radius 3 is 2.47 bits per heavy atom. The monoisotopic (exact) mass is 215 g/mol. The van der Waals surface area contributed by atoms with Crippen LogP contribution in [0.1, 0.15) is 12.8 Å². The molecule has 0 heterocycles. The Labute approximate surface area is 89.8 Å². The van der Waals surface area contributed by atoms with Crippen molar-refractivity contribution in [1.29, 1.82) is 0 Å². The Bertz CT molecular complexity index is 261. The number of amides is 1. The van der Waals surface area contributed by atoms with Crippen molar-refractivity contribution in [3.05, 3.63) is 12.7 Å². The number of hydrogen-bond acceptors (Lipinski definition) is 3. The lowest BCUT2D eigenvalue weighted by molar-refractivity contribution is -0.811. The maximum atomic E-state index is 11.3. The number of carbonyl (C=O) groups excluding carboxylic acids is 1. The first kappa shape index (κ1) is 13.8. The number of aliphatic carboxylic acids is 1. The molecule has 86 valence electrons. The van der Waals surface area contributed by atoms with Gasteiger partial charge in [0.2, 0.25) is 0 Å². The predicted octanol–water partition coefficient (Wildman–Crippen LogP) is -0.0325. The summed E-state index contributed by atoms with van der Waals surface area (Å²) < 4.78 is 0.176. The van der Waals surface area contributed by atoms with Crippen LogP contribution < -0.4 is 5.73 Å². The minimum atomic E-state index is -1.00. The van der Waals surface area contributed by atoms with Crippen molar-refractivity contribution in [3.8, 4) is 0 Å². The maximum Gasteiger partial charge on any atom is 0.337 e. The summed E-state index contributed by atoms with van der Waals surface area (Å²) >= 11 is 0. The molecule has 0 bridgehead atoms. The fourth-order valence-corrected chi connectivity index (χ4v) is 1.19. The molecule has 0 aliphatic heterocycles. The lowest BCUT2D eigenvalue weighted by Crippen LogP contribution is -2.45. The molecule has 0 aliphatic rings. The van der Waals surface area contributed by atoms with E-state index in [1.807, 2.05) is 0 Å². The zero-order chi connectivity index (χ0) is 12.1. The van der Waals surface area contributed by atoms with E-state index in [9.17, 15) is 9.59 Å². The fourth-order valence-electron chi connectivity index (χ4n) is 1.19. The lowest BCUT2D eigenvalue weighted by atomic mass is 10.1. The smallest absolute Gasteiger partial charge is 0.337 e. The number of carboxylic acids is 1. The van der Waals surface area contributed by atoms with Crippen LogP contribution in [0.15, 0.2) is 12.7 Å². The van der Waals surface area contributed by atoms with Gasteiger partial charge in [0.1, 0.15) is 6.04 Å². The largest absolute Gasteiger partial charge is 0.480 e. The van der Waals surface area contributed by atoms with Gasteiger partial charge in [-0.05, 0) is 12.8 Å². The van der Waals surface area contributed by atoms with Gasteiger partial charge in [0.25, 0.3) is 0 Å². The van der Waals surface area contributed by atoms with Crippen molar-refractivity contribution in [2.75, 3.05) is 20.6 Å². The summed E-state index contributed by atoms with van der Waals surface area (Å²) in [5, 5.41) is 8.55. The summed E-state index contributed by atoms with van der Waals surface area (Å²) in [6.45, 7) is 3.98. The summed E-state index contributed by atoms with van der Waals surface area (Å²) in [7, 11) is 3.52. The molecule has 0 spiro atoms. The highest BCUT2D eigenvalue weighted by molar-refractivity contribution is 5.80. The Kier molecular flexibility index (Phi) is 5.18. The maximum absolute atomic E-state index is 11.3. The van der Waals surface area contributed by atoms with Gasteiger partial charge >= 0.3 is 11.9 Å². The van der Waals surface area contributed by atoms with Gasteiger partial charge in [-0.3, -0.25) is 9.28 Å². The lowest BCUT2D eigenvalue weighted by Gasteiger charge is -2.25. The van der Waals surface area contributed by atoms with Crippen molar-refractivity contribution in [2.45, 2.75) is 18.9 Å². The first-order valence-electron chi connectivity index (χ1n) is 4.79. The molecule has 5 nitrogen and oxygen atoms in total. The fraction of sp³-hybridized carbons (Fsp3) is 0.600. The van der Waals surface area contributed by atoms with E-state index < -0.39 is 12.0 Å². The molecule has 0 aromatic heterocycles. The number of carbonyl (C=O) groups is 2. The molecule has 1 unspecified atom stereocenters. The molecule has 0 aromatic carbocycles. The molecule has 1 atom stereocenters. The van der Waals surface area contributed by atoms with Crippen molar-refractivity contribution in [1.82, 2.24) is 0 Å². The molecule has 0 radical (unpaired) electrons. The Balaban J connectivity index is 4.00. The predicted molar refractivity (Wildman–Crippen MR) is 57.0 cm³/mol. The van der Waals surface area contributed by atoms with E-state index in [0.717, 1.165) is 0 Å². The highest BCUT2D eigenvalue weighted by Crippen LogP contribution is 2.04. The first-order valence-corrected chi connectivity index (χ1v) is 4.79. The molecular formula is C10H19N2O3+. The first-order chi connectivity index (χ1) is 6.81. The van der Waals surface area contributed by atoms with Crippen LogP contribution in [0.3, 0.4) is 0 Å². The van der Waals surface area contributed by atoms with E-state index in [1.165, 1.54) is 6.08 Å². The molecular weight excluding hydrogens is 196 g/mol. The average Bonchev–Trinajstić information content (AvgIpc) is 2.15. The van der Waals surface area contributed by atoms with E-state index in [1.54, 1.807) is 14.1 Å². The van der Waals surface area contributed by atoms with E-state index in [2.05, 4.69) is 6.58 Å². The topological polar surface area (TPSA) is 80.4 Å². The second-order valence-electron chi connectivity index (χ2n) is 4.04. The van der Waals surface area contributed by atoms with Gasteiger partial charge < -0.3 is 10.8 Å². The van der Waals surface area contributed by atoms with Gasteiger partial charge in [0.05, 0.1) is 20.6 Å². The third-order valence-corrected chi connectivity index (χ3v) is 2.32. The van der Waals surface area contributed by atoms with Crippen LogP contribution in [0, 0.1) is 0 Å². The van der Waals surface area contributed by atoms with Crippen LogP contribution >= 0.6 is 0 Å². The molecule has 1 amide bonds. The number of rotatable bonds is 6. The van der Waals surface area contributed by atoms with Gasteiger partial charge in [-0.25, -0.2) is 4.79 Å². The average molecular weight is 215 g/mol. The number of carboxylic acid groups (broad SMARTS) is 1. The number of quaternary nitrogens is 1. The molecule has 5 heteroatoms. The highest BCUT2D eigenvalue weighted by Gasteiger charge is 2.23. The minimum Gasteiger partial charge on any atom is -0.480 e. The van der Waals surface area contributed by atoms with Crippen molar-refractivity contribution in [3.63, 3.8) is 0 Å². The van der Waals surface area contributed by atoms with Gasteiger partial charge in [-0.15, -0.1) is 0 Å². The third kappa shape index (κ3) is 4.71. The van der Waals surface area contributed by atoms with Crippen LogP contribution in [-0.2, 0) is 9.59 Å². The van der Waals surface area contributed by atoms with Gasteiger partial charge in [0.15, 0.2) is 0 Å². The summed E-state index contributed by atoms with van der Waals surface area (Å²) in [6.07, 6.45) is 2.25. The van der Waals surface area contributed by atoms with E-state index in [0.29, 0.717) is 19.4 Å². The van der Waals surface area contributed by atoms with Gasteiger partial charge in [-0.2, -0.15) is 0 Å². The summed E-state index contributed by atoms with van der Waals surface area (Å²) in [6, 6.07) is -0.844. The summed E-state index contributed by atoms with van der Waals surface area (Å²) in [4.78, 5) is 21.8. The van der Waals surface area contributed by atoms with E-state index >= 15 is 0 Å². The van der Waals surface area contributed by atoms with Crippen LogP contribution in [0.5, 0.6) is 0 Å². The SMILES string of the molecule is C=CC(=O)[N+](C)(C)CCCC(N)C(=O)O. The van der Waals surface area contributed by atoms with Gasteiger partial charge in [0, 0.05) is 6.08 Å². The van der Waals surface area contributed by atoms with Crippen LogP contribution in [0.4, 0.5) is 0 Å². The minimum absolute atomic E-state index is 0.0844. The third-order valence-electron chi connectivity index (χ3n) is 2.32. The quantitative estimate of drug-likeness (QED) is 0.481. The highest BCUT2D eigenvalue weighted by atomic mass is 16.4. The van der Waals surface area contributed by atoms with Crippen molar-refractivity contribution < 1.29 is 19.2 Å². The van der Waals surface area contributed by atoms with Crippen LogP contribution in [0.2, 0.25) is 0 Å². The zero-order valence-corrected chi connectivity index (χ0v) is 9.27. The second kappa shape index (κ2) is 5.63. The molecule has 0 fully saturated rings. The molecule has 0 saturated carbocycles. The van der Waals surface area contributed by atoms with E-state index in [4.69, 9.17) is 10.8 Å². The Morgan fingerprint density at radius 2 is 2.07 bits per heavy atom. The summed E-state index contributed by atoms with van der Waals surface area (Å²) in [5.74, 6) is -1.09. The molecule has 0 rings (SSSR count). The number of likely N-dealkylation sites (N-methyl/N-ethyl adjacent to an activating group) is 1. The number of nitrogens with zero attached hydrogens (tertiary/aromatic N) is 1. The van der Waals surface area contributed by atoms with Crippen molar-refractivity contribution >= 4 is 11.9 Å². The van der Waals surface area contributed by atoms with E-state index in [-0.39, 0.29) is 10.4 Å². The number of hydrogen-bond donors (Lipinski definition) is 2. The Morgan fingerprint density at radius 1 is 1.53 bits per heavy atom. The molecule has 0 aromatic rings. The van der Waals surface area contributed by atoms with Crippen LogP contribution in [-0.4, -0.2) is 48.1 Å². The number of nitrogens with two attached hydrogens (primary N) is 1. The van der Waals surface area contributed by atoms with Crippen LogP contribution in [0.25, 0.3) is 0 Å². The van der Waals surface area contributed by atoms with Gasteiger partial charge in [-0.1, -0.05) is 6.58 Å². The summed E-state index contributed by atoms with van der Waals surface area (Å²) in [5.41, 5.74) is 5.34. The Hall–Kier alpha value is -1.20. The normalized spacial score (nSPS) is 13.3.